The minimum absolute atomic E-state index is 0.111. The van der Waals surface area contributed by atoms with Crippen LogP contribution in [-0.4, -0.2) is 27.3 Å². The van der Waals surface area contributed by atoms with Gasteiger partial charge in [-0.15, -0.1) is 0 Å². The second-order valence-electron chi connectivity index (χ2n) is 5.74. The number of methoxy groups -OCH3 is 2. The number of hydrogen-bond acceptors (Lipinski definition) is 4. The van der Waals surface area contributed by atoms with Crippen molar-refractivity contribution in [2.75, 3.05) is 27.3 Å². The number of hydrogen-bond donors (Lipinski definition) is 2. The Kier molecular flexibility index (Phi) is 5.90. The average Bonchev–Trinajstić information content (AvgIpc) is 3.33. The molecule has 1 aromatic carbocycles. The van der Waals surface area contributed by atoms with Crippen LogP contribution in [0.1, 0.15) is 31.4 Å². The van der Waals surface area contributed by atoms with Crippen molar-refractivity contribution in [2.24, 2.45) is 17.6 Å². The van der Waals surface area contributed by atoms with Gasteiger partial charge in [-0.3, -0.25) is 0 Å². The molecule has 2 rings (SSSR count). The molecule has 3 N–H and O–H groups in total. The lowest BCUT2D eigenvalue weighted by molar-refractivity contribution is 0.353. The standard InChI is InChI=1S/C16H25BrN2O2/c1-10(11-4-5-11)9-19-14(8-18)12-6-15(20-2)16(21-3)7-13(12)17/h6-7,10-11,14,19H,4-5,8-9,18H2,1-3H3. The highest BCUT2D eigenvalue weighted by atomic mass is 79.9. The molecule has 0 spiro atoms. The third-order valence-corrected chi connectivity index (χ3v) is 4.91. The van der Waals surface area contributed by atoms with Crippen molar-refractivity contribution in [2.45, 2.75) is 25.8 Å². The largest absolute Gasteiger partial charge is 0.493 e. The molecule has 1 aromatic rings. The van der Waals surface area contributed by atoms with Crippen molar-refractivity contribution in [1.82, 2.24) is 5.32 Å². The molecule has 5 heteroatoms. The summed E-state index contributed by atoms with van der Waals surface area (Å²) in [6.45, 7) is 3.85. The van der Waals surface area contributed by atoms with Gasteiger partial charge >= 0.3 is 0 Å². The zero-order valence-electron chi connectivity index (χ0n) is 13.0. The van der Waals surface area contributed by atoms with Crippen LogP contribution in [0.2, 0.25) is 0 Å². The molecular weight excluding hydrogens is 332 g/mol. The van der Waals surface area contributed by atoms with E-state index in [4.69, 9.17) is 15.2 Å². The Bertz CT molecular complexity index is 478. The minimum atomic E-state index is 0.111. The number of rotatable bonds is 8. The Balaban J connectivity index is 2.12. The Morgan fingerprint density at radius 2 is 1.90 bits per heavy atom. The lowest BCUT2D eigenvalue weighted by atomic mass is 10.0. The third kappa shape index (κ3) is 4.11. The molecule has 0 saturated heterocycles. The van der Waals surface area contributed by atoms with Crippen molar-refractivity contribution < 1.29 is 9.47 Å². The quantitative estimate of drug-likeness (QED) is 0.751. The Morgan fingerprint density at radius 1 is 1.29 bits per heavy atom. The van der Waals surface area contributed by atoms with Crippen LogP contribution in [0.3, 0.4) is 0 Å². The molecule has 21 heavy (non-hydrogen) atoms. The summed E-state index contributed by atoms with van der Waals surface area (Å²) in [5, 5.41) is 3.59. The first-order valence-electron chi connectivity index (χ1n) is 7.45. The molecule has 1 fully saturated rings. The summed E-state index contributed by atoms with van der Waals surface area (Å²) >= 11 is 3.61. The topological polar surface area (TPSA) is 56.5 Å². The van der Waals surface area contributed by atoms with Crippen molar-refractivity contribution in [1.29, 1.82) is 0 Å². The molecular formula is C16H25BrN2O2. The molecule has 1 aliphatic carbocycles. The highest BCUT2D eigenvalue weighted by Gasteiger charge is 2.28. The molecule has 0 aromatic heterocycles. The van der Waals surface area contributed by atoms with Crippen LogP contribution in [0.5, 0.6) is 11.5 Å². The summed E-state index contributed by atoms with van der Waals surface area (Å²) in [4.78, 5) is 0. The van der Waals surface area contributed by atoms with E-state index in [1.807, 2.05) is 12.1 Å². The number of nitrogens with two attached hydrogens (primary N) is 1. The maximum absolute atomic E-state index is 5.96. The first-order valence-corrected chi connectivity index (χ1v) is 8.24. The van der Waals surface area contributed by atoms with E-state index in [1.54, 1.807) is 14.2 Å². The molecule has 0 bridgehead atoms. The molecule has 2 atom stereocenters. The normalized spacial score (nSPS) is 17.4. The average molecular weight is 357 g/mol. The molecule has 2 unspecified atom stereocenters. The van der Waals surface area contributed by atoms with Gasteiger partial charge in [0, 0.05) is 17.1 Å². The van der Waals surface area contributed by atoms with Crippen LogP contribution in [-0.2, 0) is 0 Å². The zero-order valence-corrected chi connectivity index (χ0v) is 14.6. The predicted octanol–water partition coefficient (Wildman–Crippen LogP) is 3.10. The number of ether oxygens (including phenoxy) is 2. The highest BCUT2D eigenvalue weighted by molar-refractivity contribution is 9.10. The first kappa shape index (κ1) is 16.6. The lowest BCUT2D eigenvalue weighted by Crippen LogP contribution is -2.32. The monoisotopic (exact) mass is 356 g/mol. The van der Waals surface area contributed by atoms with Gasteiger partial charge in [0.25, 0.3) is 0 Å². The molecule has 1 aliphatic rings. The van der Waals surface area contributed by atoms with E-state index in [9.17, 15) is 0 Å². The molecule has 1 saturated carbocycles. The molecule has 0 radical (unpaired) electrons. The Labute approximate surface area is 135 Å². The van der Waals surface area contributed by atoms with Crippen LogP contribution in [0, 0.1) is 11.8 Å². The number of benzene rings is 1. The third-order valence-electron chi connectivity index (χ3n) is 4.23. The number of nitrogens with one attached hydrogen (secondary N) is 1. The van der Waals surface area contributed by atoms with Crippen molar-refractivity contribution in [3.8, 4) is 11.5 Å². The van der Waals surface area contributed by atoms with Gasteiger partial charge in [-0.25, -0.2) is 0 Å². The van der Waals surface area contributed by atoms with E-state index in [1.165, 1.54) is 12.8 Å². The number of halogens is 1. The van der Waals surface area contributed by atoms with Gasteiger partial charge in [0.15, 0.2) is 11.5 Å². The summed E-state index contributed by atoms with van der Waals surface area (Å²) in [5.41, 5.74) is 7.07. The molecule has 0 amide bonds. The lowest BCUT2D eigenvalue weighted by Gasteiger charge is -2.22. The van der Waals surface area contributed by atoms with Crippen LogP contribution < -0.4 is 20.5 Å². The van der Waals surface area contributed by atoms with Crippen molar-refractivity contribution in [3.63, 3.8) is 0 Å². The van der Waals surface area contributed by atoms with Crippen LogP contribution >= 0.6 is 15.9 Å². The van der Waals surface area contributed by atoms with Crippen LogP contribution in [0.25, 0.3) is 0 Å². The van der Waals surface area contributed by atoms with Gasteiger partial charge in [-0.2, -0.15) is 0 Å². The molecule has 118 valence electrons. The van der Waals surface area contributed by atoms with E-state index in [0.29, 0.717) is 12.5 Å². The van der Waals surface area contributed by atoms with E-state index in [2.05, 4.69) is 28.2 Å². The smallest absolute Gasteiger partial charge is 0.161 e. The van der Waals surface area contributed by atoms with E-state index >= 15 is 0 Å². The summed E-state index contributed by atoms with van der Waals surface area (Å²) in [6, 6.07) is 4.04. The molecule has 0 aliphatic heterocycles. The van der Waals surface area contributed by atoms with Gasteiger partial charge in [-0.05, 0) is 48.9 Å². The van der Waals surface area contributed by atoms with Crippen LogP contribution in [0.15, 0.2) is 16.6 Å². The minimum Gasteiger partial charge on any atom is -0.493 e. The Morgan fingerprint density at radius 3 is 2.43 bits per heavy atom. The second kappa shape index (κ2) is 7.47. The van der Waals surface area contributed by atoms with E-state index in [-0.39, 0.29) is 6.04 Å². The summed E-state index contributed by atoms with van der Waals surface area (Å²) < 4.78 is 11.7. The Hall–Kier alpha value is -0.780. The maximum atomic E-state index is 5.96. The van der Waals surface area contributed by atoms with Crippen molar-refractivity contribution in [3.05, 3.63) is 22.2 Å². The van der Waals surface area contributed by atoms with E-state index in [0.717, 1.165) is 34.0 Å². The van der Waals surface area contributed by atoms with Gasteiger partial charge in [0.05, 0.1) is 14.2 Å². The van der Waals surface area contributed by atoms with E-state index < -0.39 is 0 Å². The van der Waals surface area contributed by atoms with Crippen LogP contribution in [0.4, 0.5) is 0 Å². The zero-order chi connectivity index (χ0) is 15.4. The van der Waals surface area contributed by atoms with Gasteiger partial charge in [-0.1, -0.05) is 22.9 Å². The summed E-state index contributed by atoms with van der Waals surface area (Å²) in [5.74, 6) is 3.05. The van der Waals surface area contributed by atoms with Crippen molar-refractivity contribution >= 4 is 15.9 Å². The second-order valence-corrected chi connectivity index (χ2v) is 6.59. The highest BCUT2D eigenvalue weighted by Crippen LogP contribution is 2.38. The SMILES string of the molecule is COc1cc(Br)c(C(CN)NCC(C)C2CC2)cc1OC. The van der Waals surface area contributed by atoms with Gasteiger partial charge in [0.2, 0.25) is 0 Å². The molecule has 4 nitrogen and oxygen atoms in total. The fraction of sp³-hybridized carbons (Fsp3) is 0.625. The fourth-order valence-corrected chi connectivity index (χ4v) is 3.22. The summed E-state index contributed by atoms with van der Waals surface area (Å²) in [6.07, 6.45) is 2.74. The molecule has 0 heterocycles. The van der Waals surface area contributed by atoms with Gasteiger partial charge < -0.3 is 20.5 Å². The van der Waals surface area contributed by atoms with Gasteiger partial charge in [0.1, 0.15) is 0 Å². The summed E-state index contributed by atoms with van der Waals surface area (Å²) in [7, 11) is 3.29. The first-order chi connectivity index (χ1) is 10.1. The maximum Gasteiger partial charge on any atom is 0.161 e. The predicted molar refractivity (Wildman–Crippen MR) is 88.9 cm³/mol. The fourth-order valence-electron chi connectivity index (χ4n) is 2.62.